The van der Waals surface area contributed by atoms with Gasteiger partial charge < -0.3 is 9.42 Å². The number of aromatic nitrogens is 4. The van der Waals surface area contributed by atoms with Crippen molar-refractivity contribution in [3.63, 3.8) is 0 Å². The molecule has 0 unspecified atom stereocenters. The number of hydrogen-bond donors (Lipinski definition) is 0. The number of thiazole rings is 1. The molecule has 3 aromatic carbocycles. The summed E-state index contributed by atoms with van der Waals surface area (Å²) >= 11 is 1.39. The summed E-state index contributed by atoms with van der Waals surface area (Å²) in [6, 6.07) is 14.4. The van der Waals surface area contributed by atoms with Gasteiger partial charge in [-0.3, -0.25) is 9.36 Å². The van der Waals surface area contributed by atoms with Crippen molar-refractivity contribution in [2.75, 3.05) is 4.90 Å². The molecular formula is C34H27F2N5O4S2. The maximum Gasteiger partial charge on any atom is 0.227 e. The van der Waals surface area contributed by atoms with Crippen molar-refractivity contribution in [1.29, 1.82) is 0 Å². The summed E-state index contributed by atoms with van der Waals surface area (Å²) in [4.78, 5) is 25.0. The van der Waals surface area contributed by atoms with Crippen LogP contribution in [0.25, 0.3) is 38.5 Å². The van der Waals surface area contributed by atoms with Gasteiger partial charge in [0.15, 0.2) is 26.6 Å². The summed E-state index contributed by atoms with van der Waals surface area (Å²) < 4.78 is 60.2. The fourth-order valence-corrected chi connectivity index (χ4v) is 9.19. The third-order valence-corrected chi connectivity index (χ3v) is 11.2. The lowest BCUT2D eigenvalue weighted by Gasteiger charge is -2.35. The molecule has 6 aromatic rings. The summed E-state index contributed by atoms with van der Waals surface area (Å²) in [6.45, 7) is 3.72. The van der Waals surface area contributed by atoms with Crippen molar-refractivity contribution in [1.82, 2.24) is 19.7 Å². The van der Waals surface area contributed by atoms with Crippen LogP contribution in [0.5, 0.6) is 0 Å². The molecule has 13 heteroatoms. The molecule has 0 aliphatic carbocycles. The van der Waals surface area contributed by atoms with Gasteiger partial charge in [-0.1, -0.05) is 23.4 Å². The largest absolute Gasteiger partial charge is 0.361 e. The summed E-state index contributed by atoms with van der Waals surface area (Å²) in [6.07, 6.45) is 1.40. The Hall–Kier alpha value is -4.75. The van der Waals surface area contributed by atoms with Crippen LogP contribution in [0.1, 0.15) is 53.7 Å². The third kappa shape index (κ3) is 5.04. The molecule has 2 aliphatic rings. The van der Waals surface area contributed by atoms with Gasteiger partial charge in [0.2, 0.25) is 5.91 Å². The number of imidazole rings is 1. The van der Waals surface area contributed by atoms with Gasteiger partial charge in [-0.25, -0.2) is 27.2 Å². The minimum Gasteiger partial charge on any atom is -0.361 e. The number of carbonyl (C=O) groups is 1. The lowest BCUT2D eigenvalue weighted by molar-refractivity contribution is -0.120. The number of hydrogen-bond acceptors (Lipinski definition) is 8. The first-order chi connectivity index (χ1) is 22.6. The number of nitrogens with zero attached hydrogens (tertiary/aromatic N) is 5. The number of fused-ring (bicyclic) bond motifs is 2. The van der Waals surface area contributed by atoms with E-state index in [4.69, 9.17) is 14.5 Å². The van der Waals surface area contributed by atoms with Gasteiger partial charge in [-0.15, -0.1) is 11.3 Å². The van der Waals surface area contributed by atoms with Crippen LogP contribution in [-0.4, -0.2) is 34.0 Å². The fraction of sp³-hybridized carbons (Fsp3) is 0.235. The Morgan fingerprint density at radius 3 is 2.53 bits per heavy atom. The minimum atomic E-state index is -3.16. The maximum atomic E-state index is 14.4. The Morgan fingerprint density at radius 2 is 1.74 bits per heavy atom. The molecule has 1 fully saturated rings. The molecule has 47 heavy (non-hydrogen) atoms. The second kappa shape index (κ2) is 10.9. The number of anilines is 1. The molecule has 1 atom stereocenters. The smallest absolute Gasteiger partial charge is 0.227 e. The van der Waals surface area contributed by atoms with E-state index in [0.717, 1.165) is 51.2 Å². The molecule has 3 aromatic heterocycles. The van der Waals surface area contributed by atoms with Gasteiger partial charge >= 0.3 is 0 Å². The van der Waals surface area contributed by atoms with Gasteiger partial charge in [-0.05, 0) is 73.7 Å². The summed E-state index contributed by atoms with van der Waals surface area (Å²) in [5.41, 5.74) is 7.20. The highest BCUT2D eigenvalue weighted by Crippen LogP contribution is 2.41. The molecule has 8 rings (SSSR count). The van der Waals surface area contributed by atoms with E-state index < -0.39 is 27.5 Å². The molecule has 238 valence electrons. The van der Waals surface area contributed by atoms with E-state index in [0.29, 0.717) is 40.8 Å². The molecule has 0 spiro atoms. The lowest BCUT2D eigenvalue weighted by Crippen LogP contribution is -2.39. The number of piperidine rings is 1. The van der Waals surface area contributed by atoms with Crippen LogP contribution in [0.15, 0.2) is 64.5 Å². The van der Waals surface area contributed by atoms with Gasteiger partial charge in [0.25, 0.3) is 0 Å². The quantitative estimate of drug-likeness (QED) is 0.188. The molecule has 1 amide bonds. The normalized spacial score (nSPS) is 17.5. The second-order valence-electron chi connectivity index (χ2n) is 12.0. The fourth-order valence-electron chi connectivity index (χ4n) is 6.73. The Kier molecular flexibility index (Phi) is 6.88. The molecule has 9 nitrogen and oxygen atoms in total. The molecule has 2 aliphatic heterocycles. The number of benzene rings is 3. The summed E-state index contributed by atoms with van der Waals surface area (Å²) in [5, 5.41) is 6.61. The van der Waals surface area contributed by atoms with Gasteiger partial charge in [0.1, 0.15) is 11.6 Å². The van der Waals surface area contributed by atoms with E-state index in [1.165, 1.54) is 22.3 Å². The number of rotatable bonds is 5. The highest BCUT2D eigenvalue weighted by Gasteiger charge is 2.36. The van der Waals surface area contributed by atoms with Crippen molar-refractivity contribution >= 4 is 43.8 Å². The van der Waals surface area contributed by atoms with Crippen LogP contribution < -0.4 is 4.90 Å². The highest BCUT2D eigenvalue weighted by atomic mass is 32.2. The summed E-state index contributed by atoms with van der Waals surface area (Å²) in [5.74, 6) is -0.982. The maximum absolute atomic E-state index is 14.4. The van der Waals surface area contributed by atoms with Crippen molar-refractivity contribution in [2.24, 2.45) is 0 Å². The molecular weight excluding hydrogens is 645 g/mol. The Balaban J connectivity index is 1.29. The van der Waals surface area contributed by atoms with E-state index in [-0.39, 0.29) is 29.5 Å². The minimum absolute atomic E-state index is 0.00641. The van der Waals surface area contributed by atoms with E-state index in [2.05, 4.69) is 5.16 Å². The third-order valence-electron chi connectivity index (χ3n) is 8.87. The van der Waals surface area contributed by atoms with Crippen molar-refractivity contribution in [3.8, 4) is 27.5 Å². The average Bonchev–Trinajstić information content (AvgIpc) is 3.81. The second-order valence-corrected chi connectivity index (χ2v) is 14.9. The van der Waals surface area contributed by atoms with Gasteiger partial charge in [0.05, 0.1) is 40.0 Å². The summed E-state index contributed by atoms with van der Waals surface area (Å²) in [7, 11) is -3.16. The zero-order chi connectivity index (χ0) is 32.6. The van der Waals surface area contributed by atoms with E-state index in [1.807, 2.05) is 60.2 Å². The number of aryl methyl sites for hydroxylation is 2. The molecule has 0 saturated carbocycles. The Morgan fingerprint density at radius 1 is 0.936 bits per heavy atom. The zero-order valence-corrected chi connectivity index (χ0v) is 27.0. The zero-order valence-electron chi connectivity index (χ0n) is 25.3. The van der Waals surface area contributed by atoms with Crippen LogP contribution in [0.3, 0.4) is 0 Å². The first kappa shape index (κ1) is 29.6. The predicted octanol–water partition coefficient (Wildman–Crippen LogP) is 7.39. The number of amides is 1. The van der Waals surface area contributed by atoms with Crippen LogP contribution in [-0.2, 0) is 26.1 Å². The average molecular weight is 672 g/mol. The lowest BCUT2D eigenvalue weighted by atomic mass is 9.99. The van der Waals surface area contributed by atoms with Crippen molar-refractivity contribution < 1.29 is 26.5 Å². The van der Waals surface area contributed by atoms with E-state index in [1.54, 1.807) is 0 Å². The Bertz CT molecular complexity index is 2340. The molecule has 0 bridgehead atoms. The molecule has 1 saturated heterocycles. The number of halogens is 2. The van der Waals surface area contributed by atoms with Crippen LogP contribution in [0, 0.1) is 25.5 Å². The topological polar surface area (TPSA) is 111 Å². The van der Waals surface area contributed by atoms with Gasteiger partial charge in [-0.2, -0.15) is 0 Å². The first-order valence-corrected chi connectivity index (χ1v) is 17.8. The predicted molar refractivity (Wildman–Crippen MR) is 174 cm³/mol. The van der Waals surface area contributed by atoms with Crippen molar-refractivity contribution in [3.05, 3.63) is 100 Å². The first-order valence-electron chi connectivity index (χ1n) is 15.1. The van der Waals surface area contributed by atoms with E-state index in [9.17, 15) is 22.0 Å². The van der Waals surface area contributed by atoms with E-state index >= 15 is 0 Å². The SMILES string of the molecule is Cc1noc(C)c1-c1ccc2c(c1)nc([C@@H]1CCCC(=O)N1c1ccc(F)c(F)c1)n2-c1nc(-c2ccc3c(c2)CS(=O)(=O)C3)cs1. The van der Waals surface area contributed by atoms with Crippen molar-refractivity contribution in [2.45, 2.75) is 50.7 Å². The molecule has 0 radical (unpaired) electrons. The van der Waals surface area contributed by atoms with Crippen LogP contribution in [0.4, 0.5) is 14.5 Å². The highest BCUT2D eigenvalue weighted by molar-refractivity contribution is 7.90. The molecule has 5 heterocycles. The van der Waals surface area contributed by atoms with Crippen LogP contribution >= 0.6 is 11.3 Å². The monoisotopic (exact) mass is 671 g/mol. The standard InChI is InChI=1S/C34H27F2N5O4S2/c1-18-32(19(2)45-39-18)21-8-11-29-27(13-21)37-33(30-4-3-5-31(42)40(30)24-9-10-25(35)26(36)14-24)41(29)34-38-28(15-46-34)20-6-7-22-16-47(43,44)17-23(22)12-20/h6-15,30H,3-5,16-17H2,1-2H3/t30-/m0/s1. The van der Waals surface area contributed by atoms with Gasteiger partial charge in [0, 0.05) is 34.7 Å². The number of carbonyl (C=O) groups excluding carboxylic acids is 1. The van der Waals surface area contributed by atoms with Crippen LogP contribution in [0.2, 0.25) is 0 Å². The Labute approximate surface area is 272 Å². The molecule has 0 N–H and O–H groups in total. The number of sulfone groups is 1.